The van der Waals surface area contributed by atoms with E-state index in [1.807, 2.05) is 37.3 Å². The van der Waals surface area contributed by atoms with Gasteiger partial charge in [-0.05, 0) is 39.0 Å². The van der Waals surface area contributed by atoms with Crippen molar-refractivity contribution in [1.82, 2.24) is 9.80 Å². The number of carbonyl (C=O) groups is 1. The van der Waals surface area contributed by atoms with Gasteiger partial charge in [0.05, 0.1) is 5.56 Å². The number of carbonyl (C=O) groups excluding carboxylic acids is 1. The SMILES string of the molecule is CCNC(=O)c1cccc2c1OC(C)(C)C[N+]21C=CC=C1. The molecule has 1 amide bonds. The number of allylic oxidation sites excluding steroid dienone is 2. The number of nitrogens with one attached hydrogen (secondary N) is 1. The summed E-state index contributed by atoms with van der Waals surface area (Å²) in [5.74, 6) is 0.605. The summed E-state index contributed by atoms with van der Waals surface area (Å²) in [4.78, 5) is 12.3. The van der Waals surface area contributed by atoms with Gasteiger partial charge in [-0.1, -0.05) is 6.07 Å². The molecule has 1 aromatic rings. The molecule has 1 spiro atoms. The number of amides is 1. The number of rotatable bonds is 2. The summed E-state index contributed by atoms with van der Waals surface area (Å²) in [7, 11) is 0. The molecule has 0 aliphatic carbocycles. The van der Waals surface area contributed by atoms with E-state index in [2.05, 4.69) is 31.6 Å². The third-order valence-corrected chi connectivity index (χ3v) is 3.86. The van der Waals surface area contributed by atoms with Crippen LogP contribution in [0.1, 0.15) is 31.1 Å². The van der Waals surface area contributed by atoms with Crippen molar-refractivity contribution in [2.45, 2.75) is 26.4 Å². The molecule has 21 heavy (non-hydrogen) atoms. The van der Waals surface area contributed by atoms with Gasteiger partial charge in [-0.2, -0.15) is 0 Å². The number of benzene rings is 1. The predicted octanol–water partition coefficient (Wildman–Crippen LogP) is 2.96. The van der Waals surface area contributed by atoms with Gasteiger partial charge in [0.2, 0.25) is 0 Å². The lowest BCUT2D eigenvalue weighted by molar-refractivity contribution is 0.0662. The molecule has 1 aromatic carbocycles. The highest BCUT2D eigenvalue weighted by atomic mass is 16.5. The Kier molecular flexibility index (Phi) is 3.14. The Labute approximate surface area is 125 Å². The molecular formula is C17H21N2O2+. The van der Waals surface area contributed by atoms with E-state index in [0.29, 0.717) is 22.3 Å². The summed E-state index contributed by atoms with van der Waals surface area (Å²) in [5, 5.41) is 2.86. The second-order valence-electron chi connectivity index (χ2n) is 6.15. The van der Waals surface area contributed by atoms with Crippen LogP contribution in [-0.2, 0) is 0 Å². The molecule has 0 bridgehead atoms. The lowest BCUT2D eigenvalue weighted by Gasteiger charge is -2.42. The van der Waals surface area contributed by atoms with Crippen LogP contribution in [0.25, 0.3) is 0 Å². The molecule has 0 fully saturated rings. The Hall–Kier alpha value is -2.07. The van der Waals surface area contributed by atoms with Gasteiger partial charge in [-0.25, -0.2) is 4.48 Å². The lowest BCUT2D eigenvalue weighted by Crippen LogP contribution is -2.54. The van der Waals surface area contributed by atoms with E-state index >= 15 is 0 Å². The van der Waals surface area contributed by atoms with Crippen LogP contribution in [0.2, 0.25) is 0 Å². The van der Waals surface area contributed by atoms with Crippen LogP contribution in [0.4, 0.5) is 5.69 Å². The normalized spacial score (nSPS) is 20.1. The average Bonchev–Trinajstić information content (AvgIpc) is 2.86. The van der Waals surface area contributed by atoms with E-state index in [-0.39, 0.29) is 11.5 Å². The Balaban J connectivity index is 2.17. The fourth-order valence-electron chi connectivity index (χ4n) is 3.14. The summed E-state index contributed by atoms with van der Waals surface area (Å²) in [6, 6.07) is 5.78. The highest BCUT2D eigenvalue weighted by molar-refractivity contribution is 5.99. The summed E-state index contributed by atoms with van der Waals surface area (Å²) in [6.07, 6.45) is 8.38. The van der Waals surface area contributed by atoms with Gasteiger partial charge in [0.1, 0.15) is 18.9 Å². The number of hydrogen-bond acceptors (Lipinski definition) is 2. The first-order valence-corrected chi connectivity index (χ1v) is 7.33. The minimum absolute atomic E-state index is 0.0858. The molecule has 0 aromatic heterocycles. The molecule has 0 atom stereocenters. The monoisotopic (exact) mass is 285 g/mol. The van der Waals surface area contributed by atoms with Crippen molar-refractivity contribution in [2.75, 3.05) is 13.1 Å². The zero-order valence-corrected chi connectivity index (χ0v) is 12.7. The number of quaternary nitrogens is 1. The van der Waals surface area contributed by atoms with Crippen LogP contribution in [-0.4, -0.2) is 24.6 Å². The van der Waals surface area contributed by atoms with Crippen molar-refractivity contribution in [3.63, 3.8) is 0 Å². The molecule has 0 radical (unpaired) electrons. The zero-order chi connectivity index (χ0) is 15.1. The number of hydrogen-bond donors (Lipinski definition) is 1. The number of ether oxygens (including phenoxy) is 1. The third-order valence-electron chi connectivity index (χ3n) is 3.86. The predicted molar refractivity (Wildman–Crippen MR) is 84.1 cm³/mol. The molecule has 4 nitrogen and oxygen atoms in total. The van der Waals surface area contributed by atoms with E-state index in [9.17, 15) is 4.79 Å². The van der Waals surface area contributed by atoms with Crippen LogP contribution >= 0.6 is 0 Å². The van der Waals surface area contributed by atoms with Crippen LogP contribution < -0.4 is 14.5 Å². The largest absolute Gasteiger partial charge is 0.475 e. The molecule has 2 aliphatic rings. The first kappa shape index (κ1) is 13.9. The quantitative estimate of drug-likeness (QED) is 0.848. The molecule has 2 aliphatic heterocycles. The standard InChI is InChI=1S/C17H20N2O2/c1-4-18-16(20)13-8-7-9-14-15(13)21-17(2,3)12-19(14)10-5-6-11-19/h5-11H,4,12H2,1-3H3/p+1. The summed E-state index contributed by atoms with van der Waals surface area (Å²) >= 11 is 0. The topological polar surface area (TPSA) is 38.3 Å². The summed E-state index contributed by atoms with van der Waals surface area (Å²) < 4.78 is 6.77. The van der Waals surface area contributed by atoms with E-state index in [4.69, 9.17) is 4.74 Å². The molecule has 110 valence electrons. The van der Waals surface area contributed by atoms with Gasteiger partial charge in [-0.15, -0.1) is 0 Å². The molecule has 0 saturated heterocycles. The minimum Gasteiger partial charge on any atom is -0.475 e. The van der Waals surface area contributed by atoms with Crippen LogP contribution in [0.5, 0.6) is 5.75 Å². The maximum absolute atomic E-state index is 12.3. The summed E-state index contributed by atoms with van der Waals surface area (Å²) in [6.45, 7) is 7.45. The maximum Gasteiger partial charge on any atom is 0.255 e. The van der Waals surface area contributed by atoms with Crippen molar-refractivity contribution >= 4 is 11.6 Å². The Morgan fingerprint density at radius 2 is 2.05 bits per heavy atom. The Morgan fingerprint density at radius 3 is 2.71 bits per heavy atom. The second kappa shape index (κ2) is 4.74. The maximum atomic E-state index is 12.3. The molecule has 3 rings (SSSR count). The second-order valence-corrected chi connectivity index (χ2v) is 6.15. The average molecular weight is 285 g/mol. The first-order chi connectivity index (χ1) is 9.97. The van der Waals surface area contributed by atoms with Gasteiger partial charge < -0.3 is 10.1 Å². The lowest BCUT2D eigenvalue weighted by atomic mass is 10.0. The Bertz CT molecular complexity index is 632. The van der Waals surface area contributed by atoms with Crippen LogP contribution in [0.15, 0.2) is 42.8 Å². The zero-order valence-electron chi connectivity index (χ0n) is 12.7. The van der Waals surface area contributed by atoms with Gasteiger partial charge in [-0.3, -0.25) is 4.79 Å². The van der Waals surface area contributed by atoms with E-state index in [1.165, 1.54) is 0 Å². The van der Waals surface area contributed by atoms with Gasteiger partial charge in [0.15, 0.2) is 17.0 Å². The van der Waals surface area contributed by atoms with Gasteiger partial charge >= 0.3 is 0 Å². The van der Waals surface area contributed by atoms with Crippen molar-refractivity contribution < 1.29 is 9.53 Å². The molecule has 2 heterocycles. The van der Waals surface area contributed by atoms with Crippen molar-refractivity contribution in [1.29, 1.82) is 0 Å². The fourth-order valence-corrected chi connectivity index (χ4v) is 3.14. The molecule has 0 unspecified atom stereocenters. The number of fused-ring (bicyclic) bond motifs is 2. The van der Waals surface area contributed by atoms with Crippen molar-refractivity contribution in [3.05, 3.63) is 48.3 Å². The number of para-hydroxylation sites is 1. The van der Waals surface area contributed by atoms with Crippen LogP contribution in [0.3, 0.4) is 0 Å². The highest BCUT2D eigenvalue weighted by Gasteiger charge is 2.45. The molecule has 0 saturated carbocycles. The first-order valence-electron chi connectivity index (χ1n) is 7.33. The minimum atomic E-state index is -0.339. The van der Waals surface area contributed by atoms with Crippen molar-refractivity contribution in [3.8, 4) is 5.75 Å². The Morgan fingerprint density at radius 1 is 1.33 bits per heavy atom. The van der Waals surface area contributed by atoms with Crippen molar-refractivity contribution in [2.24, 2.45) is 0 Å². The molecule has 4 heteroatoms. The summed E-state index contributed by atoms with van der Waals surface area (Å²) in [5.41, 5.74) is 1.28. The molecule has 1 N–H and O–H groups in total. The third kappa shape index (κ3) is 2.25. The number of nitrogens with zero attached hydrogens (tertiary/aromatic N) is 1. The highest BCUT2D eigenvalue weighted by Crippen LogP contribution is 2.45. The smallest absolute Gasteiger partial charge is 0.255 e. The van der Waals surface area contributed by atoms with Crippen LogP contribution in [0, 0.1) is 0 Å². The molecular weight excluding hydrogens is 264 g/mol. The van der Waals surface area contributed by atoms with Gasteiger partial charge in [0, 0.05) is 12.6 Å². The van der Waals surface area contributed by atoms with E-state index < -0.39 is 0 Å². The van der Waals surface area contributed by atoms with Gasteiger partial charge in [0.25, 0.3) is 5.91 Å². The van der Waals surface area contributed by atoms with E-state index in [0.717, 1.165) is 12.2 Å². The van der Waals surface area contributed by atoms with E-state index in [1.54, 1.807) is 0 Å². The fraction of sp³-hybridized carbons (Fsp3) is 0.353.